The highest BCUT2D eigenvalue weighted by Crippen LogP contribution is 2.21. The second-order valence-electron chi connectivity index (χ2n) is 4.31. The van der Waals surface area contributed by atoms with Crippen molar-refractivity contribution < 1.29 is 33.6 Å². The molecule has 0 saturated carbocycles. The molecular weight excluding hydrogens is 326 g/mol. The minimum Gasteiger partial charge on any atom is -0.478 e. The number of sulfonamides is 1. The van der Waals surface area contributed by atoms with E-state index in [2.05, 4.69) is 0 Å². The Balaban J connectivity index is 3.26. The van der Waals surface area contributed by atoms with Crippen LogP contribution in [0.5, 0.6) is 0 Å². The standard InChI is InChI=1S/C11H14ClNO7S/c12-9-2-1-7(3-8(9)10(17)18)21(19,20)13-11(4-14,5-15)6-16/h1-3,13-16H,4-6H2,(H,17,18). The van der Waals surface area contributed by atoms with Crippen molar-refractivity contribution in [2.24, 2.45) is 0 Å². The smallest absolute Gasteiger partial charge is 0.337 e. The molecule has 1 aromatic carbocycles. The Morgan fingerprint density at radius 1 is 1.19 bits per heavy atom. The van der Waals surface area contributed by atoms with Crippen LogP contribution in [0.15, 0.2) is 23.1 Å². The lowest BCUT2D eigenvalue weighted by atomic mass is 10.1. The summed E-state index contributed by atoms with van der Waals surface area (Å²) in [6.07, 6.45) is 0. The number of carboxylic acids is 1. The minimum atomic E-state index is -4.28. The lowest BCUT2D eigenvalue weighted by Gasteiger charge is -2.28. The fraction of sp³-hybridized carbons (Fsp3) is 0.364. The molecule has 0 aliphatic carbocycles. The van der Waals surface area contributed by atoms with Gasteiger partial charge in [0.05, 0.1) is 35.3 Å². The molecule has 0 radical (unpaired) electrons. The number of carbonyl (C=O) groups is 1. The molecule has 0 heterocycles. The zero-order valence-corrected chi connectivity index (χ0v) is 12.2. The Morgan fingerprint density at radius 2 is 1.71 bits per heavy atom. The van der Waals surface area contributed by atoms with Crippen molar-refractivity contribution in [2.45, 2.75) is 10.4 Å². The molecule has 0 aliphatic rings. The van der Waals surface area contributed by atoms with Gasteiger partial charge in [-0.25, -0.2) is 13.2 Å². The Kier molecular flexibility index (Phi) is 5.68. The van der Waals surface area contributed by atoms with Crippen LogP contribution in [0.1, 0.15) is 10.4 Å². The summed E-state index contributed by atoms with van der Waals surface area (Å²) in [5.74, 6) is -1.41. The molecule has 0 unspecified atom stereocenters. The molecule has 0 amide bonds. The summed E-state index contributed by atoms with van der Waals surface area (Å²) in [4.78, 5) is 10.5. The van der Waals surface area contributed by atoms with Crippen molar-refractivity contribution in [2.75, 3.05) is 19.8 Å². The van der Waals surface area contributed by atoms with Crippen molar-refractivity contribution in [1.82, 2.24) is 4.72 Å². The predicted molar refractivity (Wildman–Crippen MR) is 72.7 cm³/mol. The first kappa shape index (κ1) is 17.8. The molecule has 21 heavy (non-hydrogen) atoms. The Labute approximate surface area is 125 Å². The summed E-state index contributed by atoms with van der Waals surface area (Å²) in [5, 5.41) is 36.1. The average Bonchev–Trinajstić information content (AvgIpc) is 2.44. The number of hydrogen-bond acceptors (Lipinski definition) is 6. The summed E-state index contributed by atoms with van der Waals surface area (Å²) in [6, 6.07) is 3.00. The van der Waals surface area contributed by atoms with Gasteiger partial charge in [-0.05, 0) is 18.2 Å². The monoisotopic (exact) mass is 339 g/mol. The summed E-state index contributed by atoms with van der Waals surface area (Å²) < 4.78 is 26.2. The average molecular weight is 340 g/mol. The molecule has 1 rings (SSSR count). The lowest BCUT2D eigenvalue weighted by molar-refractivity contribution is 0.0581. The van der Waals surface area contributed by atoms with E-state index in [1.54, 1.807) is 0 Å². The van der Waals surface area contributed by atoms with Crippen LogP contribution in [0.25, 0.3) is 0 Å². The SMILES string of the molecule is O=C(O)c1cc(S(=O)(=O)NC(CO)(CO)CO)ccc1Cl. The summed E-state index contributed by atoms with van der Waals surface area (Å²) in [5.41, 5.74) is -2.27. The Hall–Kier alpha value is -1.23. The third-order valence-electron chi connectivity index (χ3n) is 2.74. The van der Waals surface area contributed by atoms with Crippen molar-refractivity contribution in [3.63, 3.8) is 0 Å². The summed E-state index contributed by atoms with van der Waals surface area (Å²) in [7, 11) is -4.28. The van der Waals surface area contributed by atoms with Gasteiger partial charge in [-0.3, -0.25) is 0 Å². The van der Waals surface area contributed by atoms with Gasteiger partial charge in [0.25, 0.3) is 0 Å². The van der Waals surface area contributed by atoms with Gasteiger partial charge in [-0.1, -0.05) is 11.6 Å². The normalized spacial score (nSPS) is 12.4. The molecule has 0 fully saturated rings. The molecule has 118 valence electrons. The van der Waals surface area contributed by atoms with Gasteiger partial charge < -0.3 is 20.4 Å². The molecule has 5 N–H and O–H groups in total. The number of aromatic carboxylic acids is 1. The number of aliphatic hydroxyl groups excluding tert-OH is 3. The van der Waals surface area contributed by atoms with Crippen LogP contribution in [0, 0.1) is 0 Å². The molecule has 0 saturated heterocycles. The van der Waals surface area contributed by atoms with Gasteiger partial charge in [-0.15, -0.1) is 0 Å². The van der Waals surface area contributed by atoms with Crippen LogP contribution in [0.2, 0.25) is 5.02 Å². The second-order valence-corrected chi connectivity index (χ2v) is 6.40. The fourth-order valence-corrected chi connectivity index (χ4v) is 3.03. The van der Waals surface area contributed by atoms with E-state index in [-0.39, 0.29) is 5.02 Å². The van der Waals surface area contributed by atoms with Crippen LogP contribution in [-0.2, 0) is 10.0 Å². The fourth-order valence-electron chi connectivity index (χ4n) is 1.43. The van der Waals surface area contributed by atoms with Gasteiger partial charge in [0.2, 0.25) is 10.0 Å². The largest absolute Gasteiger partial charge is 0.478 e. The first-order chi connectivity index (χ1) is 9.71. The third-order valence-corrected chi connectivity index (χ3v) is 4.64. The lowest BCUT2D eigenvalue weighted by Crippen LogP contribution is -2.56. The first-order valence-electron chi connectivity index (χ1n) is 5.61. The molecular formula is C11H14ClNO7S. The molecule has 0 aliphatic heterocycles. The highest BCUT2D eigenvalue weighted by Gasteiger charge is 2.34. The summed E-state index contributed by atoms with van der Waals surface area (Å²) >= 11 is 5.64. The zero-order chi connectivity index (χ0) is 16.3. The van der Waals surface area contributed by atoms with Gasteiger partial charge in [0, 0.05) is 0 Å². The van der Waals surface area contributed by atoms with Crippen molar-refractivity contribution in [3.05, 3.63) is 28.8 Å². The van der Waals surface area contributed by atoms with E-state index in [4.69, 9.17) is 32.0 Å². The first-order valence-corrected chi connectivity index (χ1v) is 7.47. The molecule has 1 aromatic rings. The van der Waals surface area contributed by atoms with Gasteiger partial charge in [-0.2, -0.15) is 4.72 Å². The number of aliphatic hydroxyl groups is 3. The van der Waals surface area contributed by atoms with Crippen LogP contribution < -0.4 is 4.72 Å². The molecule has 8 nitrogen and oxygen atoms in total. The highest BCUT2D eigenvalue weighted by molar-refractivity contribution is 7.89. The number of benzene rings is 1. The molecule has 0 spiro atoms. The van der Waals surface area contributed by atoms with Gasteiger partial charge in [0.1, 0.15) is 5.54 Å². The van der Waals surface area contributed by atoms with Crippen LogP contribution >= 0.6 is 11.6 Å². The molecule has 10 heteroatoms. The van der Waals surface area contributed by atoms with Gasteiger partial charge >= 0.3 is 5.97 Å². The quantitative estimate of drug-likeness (QED) is 0.430. The van der Waals surface area contributed by atoms with Crippen molar-refractivity contribution in [3.8, 4) is 0 Å². The van der Waals surface area contributed by atoms with Crippen LogP contribution in [-0.4, -0.2) is 60.2 Å². The van der Waals surface area contributed by atoms with Crippen LogP contribution in [0.3, 0.4) is 0 Å². The van der Waals surface area contributed by atoms with Crippen molar-refractivity contribution in [1.29, 1.82) is 0 Å². The highest BCUT2D eigenvalue weighted by atomic mass is 35.5. The third kappa shape index (κ3) is 3.90. The number of halogens is 1. The van der Waals surface area contributed by atoms with E-state index in [1.165, 1.54) is 0 Å². The van der Waals surface area contributed by atoms with E-state index in [0.717, 1.165) is 18.2 Å². The number of rotatable bonds is 7. The van der Waals surface area contributed by atoms with E-state index >= 15 is 0 Å². The number of hydrogen-bond donors (Lipinski definition) is 5. The minimum absolute atomic E-state index is 0.140. The molecule has 0 aromatic heterocycles. The zero-order valence-electron chi connectivity index (χ0n) is 10.7. The Bertz CT molecular complexity index is 619. The van der Waals surface area contributed by atoms with Crippen LogP contribution in [0.4, 0.5) is 0 Å². The maximum absolute atomic E-state index is 12.1. The van der Waals surface area contributed by atoms with E-state index in [0.29, 0.717) is 0 Å². The van der Waals surface area contributed by atoms with E-state index in [9.17, 15) is 13.2 Å². The maximum atomic E-state index is 12.1. The topological polar surface area (TPSA) is 144 Å². The summed E-state index contributed by atoms with van der Waals surface area (Å²) in [6.45, 7) is -2.55. The predicted octanol–water partition coefficient (Wildman–Crippen LogP) is -0.968. The Morgan fingerprint density at radius 3 is 2.14 bits per heavy atom. The van der Waals surface area contributed by atoms with Gasteiger partial charge in [0.15, 0.2) is 0 Å². The number of carboxylic acid groups (broad SMARTS) is 1. The van der Waals surface area contributed by atoms with Crippen molar-refractivity contribution >= 4 is 27.6 Å². The van der Waals surface area contributed by atoms with E-state index < -0.39 is 51.8 Å². The maximum Gasteiger partial charge on any atom is 0.337 e. The molecule has 0 bridgehead atoms. The molecule has 0 atom stereocenters. The number of nitrogens with one attached hydrogen (secondary N) is 1. The van der Waals surface area contributed by atoms with E-state index in [1.807, 2.05) is 4.72 Å². The second kappa shape index (κ2) is 6.69.